The maximum absolute atomic E-state index is 13.3. The van der Waals surface area contributed by atoms with E-state index in [9.17, 15) is 9.50 Å². The summed E-state index contributed by atoms with van der Waals surface area (Å²) in [4.78, 5) is 0. The molecule has 0 aliphatic heterocycles. The Morgan fingerprint density at radius 2 is 2.16 bits per heavy atom. The average Bonchev–Trinajstić information content (AvgIpc) is 3.22. The normalized spacial score (nSPS) is 24.0. The van der Waals surface area contributed by atoms with Gasteiger partial charge in [0.25, 0.3) is 0 Å². The quantitative estimate of drug-likeness (QED) is 0.856. The van der Waals surface area contributed by atoms with Crippen LogP contribution in [0.15, 0.2) is 18.2 Å². The predicted molar refractivity (Wildman–Crippen MR) is 73.4 cm³/mol. The molecule has 0 heterocycles. The Balaban J connectivity index is 1.75. The van der Waals surface area contributed by atoms with Gasteiger partial charge in [-0.3, -0.25) is 0 Å². The first-order chi connectivity index (χ1) is 9.28. The molecule has 0 bridgehead atoms. The Morgan fingerprint density at radius 1 is 1.32 bits per heavy atom. The van der Waals surface area contributed by atoms with E-state index in [1.165, 1.54) is 18.4 Å². The van der Waals surface area contributed by atoms with Gasteiger partial charge in [-0.05, 0) is 67.7 Å². The highest BCUT2D eigenvalue weighted by molar-refractivity contribution is 5.33. The fourth-order valence-electron chi connectivity index (χ4n) is 3.31. The van der Waals surface area contributed by atoms with Crippen LogP contribution in [0.25, 0.3) is 0 Å². The Morgan fingerprint density at radius 3 is 2.89 bits per heavy atom. The largest absolute Gasteiger partial charge is 0.396 e. The average molecular weight is 263 g/mol. The standard InChI is InChI=1S/C16H22FNO/c17-13-6-7-14-12(10-13)2-1-3-16(14)18-15(8-9-19)11-4-5-11/h6-7,10-11,15-16,18-19H,1-5,8-9H2. The van der Waals surface area contributed by atoms with Crippen molar-refractivity contribution in [2.24, 2.45) is 5.92 Å². The van der Waals surface area contributed by atoms with E-state index >= 15 is 0 Å². The molecular formula is C16H22FNO. The third-order valence-electron chi connectivity index (χ3n) is 4.47. The fourth-order valence-corrected chi connectivity index (χ4v) is 3.31. The second kappa shape index (κ2) is 5.59. The van der Waals surface area contributed by atoms with Crippen LogP contribution in [0, 0.1) is 11.7 Å². The molecule has 19 heavy (non-hydrogen) atoms. The number of aliphatic hydroxyl groups excluding tert-OH is 1. The number of aryl methyl sites for hydroxylation is 1. The molecule has 2 unspecified atom stereocenters. The van der Waals surface area contributed by atoms with Crippen LogP contribution in [0.1, 0.15) is 49.3 Å². The van der Waals surface area contributed by atoms with Crippen LogP contribution >= 0.6 is 0 Å². The van der Waals surface area contributed by atoms with Crippen molar-refractivity contribution < 1.29 is 9.50 Å². The lowest BCUT2D eigenvalue weighted by atomic mass is 9.87. The molecule has 0 saturated heterocycles. The number of nitrogens with one attached hydrogen (secondary N) is 1. The van der Waals surface area contributed by atoms with Crippen LogP contribution in [-0.2, 0) is 6.42 Å². The van der Waals surface area contributed by atoms with E-state index in [-0.39, 0.29) is 12.4 Å². The van der Waals surface area contributed by atoms with Crippen molar-refractivity contribution in [3.8, 4) is 0 Å². The first kappa shape index (κ1) is 13.1. The molecule has 2 aliphatic rings. The zero-order chi connectivity index (χ0) is 13.2. The lowest BCUT2D eigenvalue weighted by Crippen LogP contribution is -2.37. The van der Waals surface area contributed by atoms with Crippen LogP contribution in [0.2, 0.25) is 0 Å². The minimum Gasteiger partial charge on any atom is -0.396 e. The third kappa shape index (κ3) is 2.98. The van der Waals surface area contributed by atoms with Gasteiger partial charge in [-0.25, -0.2) is 4.39 Å². The van der Waals surface area contributed by atoms with Crippen molar-refractivity contribution >= 4 is 0 Å². The monoisotopic (exact) mass is 263 g/mol. The molecule has 3 rings (SSSR count). The number of aliphatic hydroxyl groups is 1. The molecule has 104 valence electrons. The maximum Gasteiger partial charge on any atom is 0.123 e. The molecule has 1 saturated carbocycles. The van der Waals surface area contributed by atoms with Crippen LogP contribution in [0.4, 0.5) is 4.39 Å². The van der Waals surface area contributed by atoms with E-state index in [4.69, 9.17) is 0 Å². The number of hydrogen-bond acceptors (Lipinski definition) is 2. The van der Waals surface area contributed by atoms with E-state index < -0.39 is 0 Å². The van der Waals surface area contributed by atoms with Gasteiger partial charge in [-0.15, -0.1) is 0 Å². The Kier molecular flexibility index (Phi) is 3.85. The lowest BCUT2D eigenvalue weighted by Gasteiger charge is -2.30. The molecule has 1 fully saturated rings. The van der Waals surface area contributed by atoms with Crippen molar-refractivity contribution in [3.63, 3.8) is 0 Å². The third-order valence-corrected chi connectivity index (χ3v) is 4.47. The van der Waals surface area contributed by atoms with Crippen LogP contribution in [0.5, 0.6) is 0 Å². The summed E-state index contributed by atoms with van der Waals surface area (Å²) in [5.74, 6) is 0.603. The summed E-state index contributed by atoms with van der Waals surface area (Å²) in [6.45, 7) is 0.247. The summed E-state index contributed by atoms with van der Waals surface area (Å²) in [6.07, 6.45) is 6.61. The second-order valence-electron chi connectivity index (χ2n) is 5.91. The molecule has 3 heteroatoms. The molecule has 1 aromatic rings. The lowest BCUT2D eigenvalue weighted by molar-refractivity contribution is 0.244. The van der Waals surface area contributed by atoms with Crippen LogP contribution < -0.4 is 5.32 Å². The topological polar surface area (TPSA) is 32.3 Å². The number of benzene rings is 1. The minimum absolute atomic E-state index is 0.131. The molecule has 1 aromatic carbocycles. The second-order valence-corrected chi connectivity index (χ2v) is 5.91. The highest BCUT2D eigenvalue weighted by Gasteiger charge is 2.33. The first-order valence-electron chi connectivity index (χ1n) is 7.43. The summed E-state index contributed by atoms with van der Waals surface area (Å²) in [7, 11) is 0. The number of hydrogen-bond donors (Lipinski definition) is 2. The van der Waals surface area contributed by atoms with E-state index in [0.717, 1.165) is 37.2 Å². The summed E-state index contributed by atoms with van der Waals surface area (Å²) in [5.41, 5.74) is 2.42. The summed E-state index contributed by atoms with van der Waals surface area (Å²) >= 11 is 0. The highest BCUT2D eigenvalue weighted by Crippen LogP contribution is 2.37. The molecule has 0 aromatic heterocycles. The van der Waals surface area contributed by atoms with Crippen LogP contribution in [-0.4, -0.2) is 17.8 Å². The van der Waals surface area contributed by atoms with Gasteiger partial charge in [0, 0.05) is 18.7 Å². The van der Waals surface area contributed by atoms with Crippen molar-refractivity contribution in [2.75, 3.05) is 6.61 Å². The molecule has 2 nitrogen and oxygen atoms in total. The van der Waals surface area contributed by atoms with E-state index in [1.54, 1.807) is 12.1 Å². The molecule has 2 N–H and O–H groups in total. The summed E-state index contributed by atoms with van der Waals surface area (Å²) in [6, 6.07) is 5.94. The molecular weight excluding hydrogens is 241 g/mol. The van der Waals surface area contributed by atoms with E-state index in [0.29, 0.717) is 12.1 Å². The van der Waals surface area contributed by atoms with Crippen molar-refractivity contribution in [1.82, 2.24) is 5.32 Å². The van der Waals surface area contributed by atoms with Gasteiger partial charge in [0.15, 0.2) is 0 Å². The van der Waals surface area contributed by atoms with Gasteiger partial charge >= 0.3 is 0 Å². The smallest absolute Gasteiger partial charge is 0.123 e. The molecule has 0 amide bonds. The Bertz CT molecular complexity index is 444. The van der Waals surface area contributed by atoms with Gasteiger partial charge in [-0.2, -0.15) is 0 Å². The van der Waals surface area contributed by atoms with Gasteiger partial charge in [-0.1, -0.05) is 6.07 Å². The van der Waals surface area contributed by atoms with E-state index in [2.05, 4.69) is 5.32 Å². The molecule has 2 atom stereocenters. The van der Waals surface area contributed by atoms with Gasteiger partial charge in [0.1, 0.15) is 5.82 Å². The van der Waals surface area contributed by atoms with Crippen LogP contribution in [0.3, 0.4) is 0 Å². The SMILES string of the molecule is OCCC(NC1CCCc2cc(F)ccc21)C1CC1. The fraction of sp³-hybridized carbons (Fsp3) is 0.625. The Labute approximate surface area is 114 Å². The van der Waals surface area contributed by atoms with Crippen molar-refractivity contribution in [2.45, 2.75) is 50.6 Å². The number of rotatable bonds is 5. The van der Waals surface area contributed by atoms with Gasteiger partial charge in [0.05, 0.1) is 0 Å². The molecule has 2 aliphatic carbocycles. The van der Waals surface area contributed by atoms with Gasteiger partial charge in [0.2, 0.25) is 0 Å². The predicted octanol–water partition coefficient (Wildman–Crippen LogP) is 2.95. The number of fused-ring (bicyclic) bond motifs is 1. The summed E-state index contributed by atoms with van der Waals surface area (Å²) < 4.78 is 13.3. The summed E-state index contributed by atoms with van der Waals surface area (Å²) in [5, 5.41) is 12.9. The zero-order valence-electron chi connectivity index (χ0n) is 11.2. The zero-order valence-corrected chi connectivity index (χ0v) is 11.2. The molecule has 0 radical (unpaired) electrons. The number of halogens is 1. The van der Waals surface area contributed by atoms with Crippen molar-refractivity contribution in [1.29, 1.82) is 0 Å². The van der Waals surface area contributed by atoms with Gasteiger partial charge < -0.3 is 10.4 Å². The van der Waals surface area contributed by atoms with Crippen molar-refractivity contribution in [3.05, 3.63) is 35.1 Å². The minimum atomic E-state index is -0.131. The van der Waals surface area contributed by atoms with E-state index in [1.807, 2.05) is 6.07 Å². The Hall–Kier alpha value is -0.930. The molecule has 0 spiro atoms. The highest BCUT2D eigenvalue weighted by atomic mass is 19.1. The first-order valence-corrected chi connectivity index (χ1v) is 7.43. The maximum atomic E-state index is 13.3.